The van der Waals surface area contributed by atoms with Crippen LogP contribution in [0.15, 0.2) is 36.4 Å². The maximum Gasteiger partial charge on any atom is 1.00 e. The van der Waals surface area contributed by atoms with Gasteiger partial charge >= 0.3 is 51.4 Å². The molecule has 0 atom stereocenters. The Morgan fingerprint density at radius 3 is 2.40 bits per heavy atom. The third-order valence-electron chi connectivity index (χ3n) is 4.95. The van der Waals surface area contributed by atoms with Gasteiger partial charge in [0.15, 0.2) is 0 Å². The molecule has 0 unspecified atom stereocenters. The Morgan fingerprint density at radius 2 is 1.80 bits per heavy atom. The Hall–Kier alpha value is -1.31. The number of benzene rings is 2. The molecule has 0 aliphatic heterocycles. The van der Waals surface area contributed by atoms with Crippen LogP contribution in [-0.2, 0) is 9.59 Å². The minimum absolute atomic E-state index is 0. The van der Waals surface area contributed by atoms with E-state index < -0.39 is 0 Å². The van der Waals surface area contributed by atoms with Crippen LogP contribution < -0.4 is 66.2 Å². The van der Waals surface area contributed by atoms with Crippen molar-refractivity contribution in [3.8, 4) is 11.5 Å². The molecule has 1 saturated carbocycles. The molecule has 1 aliphatic carbocycles. The van der Waals surface area contributed by atoms with E-state index in [1.807, 2.05) is 25.1 Å². The SMILES string of the molecule is COc1cc(NC(=O)C2CC[CH-]CC2)ccc1C.[CH2-]c1c([C-]=O)cccc1OC.[K+]. The molecule has 6 heteroatoms. The Kier molecular flexibility index (Phi) is 12.4. The van der Waals surface area contributed by atoms with E-state index in [0.717, 1.165) is 42.7 Å². The van der Waals surface area contributed by atoms with Crippen molar-refractivity contribution in [3.05, 3.63) is 66.4 Å². The van der Waals surface area contributed by atoms with Gasteiger partial charge in [0.1, 0.15) is 5.75 Å². The number of carbonyl (C=O) groups is 1. The van der Waals surface area contributed by atoms with E-state index in [-0.39, 0.29) is 63.2 Å². The summed E-state index contributed by atoms with van der Waals surface area (Å²) in [5.74, 6) is 1.71. The third-order valence-corrected chi connectivity index (χ3v) is 4.95. The second kappa shape index (κ2) is 13.9. The molecule has 156 valence electrons. The molecule has 2 aromatic rings. The van der Waals surface area contributed by atoms with Crippen molar-refractivity contribution in [1.29, 1.82) is 0 Å². The number of methoxy groups -OCH3 is 2. The van der Waals surface area contributed by atoms with Crippen molar-refractivity contribution in [2.24, 2.45) is 5.92 Å². The molecule has 0 bridgehead atoms. The number of rotatable bonds is 5. The van der Waals surface area contributed by atoms with Crippen LogP contribution in [0.25, 0.3) is 0 Å². The zero-order valence-electron chi connectivity index (χ0n) is 18.3. The van der Waals surface area contributed by atoms with Crippen LogP contribution in [-0.4, -0.2) is 26.4 Å². The number of ether oxygens (including phenoxy) is 2. The van der Waals surface area contributed by atoms with Gasteiger partial charge < -0.3 is 26.0 Å². The molecule has 0 heterocycles. The van der Waals surface area contributed by atoms with E-state index in [2.05, 4.69) is 18.7 Å². The number of amides is 1. The molecular formula is C24H28KNO4-2. The predicted molar refractivity (Wildman–Crippen MR) is 115 cm³/mol. The van der Waals surface area contributed by atoms with Crippen LogP contribution in [0.3, 0.4) is 0 Å². The van der Waals surface area contributed by atoms with Gasteiger partial charge in [-0.15, -0.1) is 12.1 Å². The molecule has 3 rings (SSSR count). The second-order valence-electron chi connectivity index (χ2n) is 6.90. The minimum atomic E-state index is 0. The first-order valence-electron chi connectivity index (χ1n) is 9.64. The standard InChI is InChI=1S/C15H20NO2.C9H8O2.K/c1-11-8-9-13(10-14(11)18-2)16-15(17)12-6-4-3-5-7-12;1-7-8(6-10)4-3-5-9(7)11-2;/h3,8-10,12H,4-7H2,1-2H3,(H,16,17);3-5H,1H2,2H3;/q-1;-2;+1. The largest absolute Gasteiger partial charge is 1.00 e. The van der Waals surface area contributed by atoms with Gasteiger partial charge in [-0.3, -0.25) is 22.8 Å². The molecule has 0 spiro atoms. The molecular weight excluding hydrogens is 405 g/mol. The quantitative estimate of drug-likeness (QED) is 0.576. The normalized spacial score (nSPS) is 13.2. The molecule has 1 amide bonds. The summed E-state index contributed by atoms with van der Waals surface area (Å²) in [5.41, 5.74) is 2.93. The van der Waals surface area contributed by atoms with Gasteiger partial charge in [-0.2, -0.15) is 12.8 Å². The number of hydrogen-bond donors (Lipinski definition) is 1. The Morgan fingerprint density at radius 1 is 1.13 bits per heavy atom. The number of carbonyl (C=O) groups excluding carboxylic acids is 2. The summed E-state index contributed by atoms with van der Waals surface area (Å²) in [5, 5.41) is 2.98. The van der Waals surface area contributed by atoms with E-state index in [0.29, 0.717) is 16.9 Å². The van der Waals surface area contributed by atoms with Crippen LogP contribution in [0.4, 0.5) is 5.69 Å². The fraction of sp³-hybridized carbons (Fsp3) is 0.333. The van der Waals surface area contributed by atoms with Crippen molar-refractivity contribution in [2.75, 3.05) is 19.5 Å². The van der Waals surface area contributed by atoms with Crippen molar-refractivity contribution in [2.45, 2.75) is 32.6 Å². The summed E-state index contributed by atoms with van der Waals surface area (Å²) in [6, 6.07) is 10.9. The maximum atomic E-state index is 12.1. The van der Waals surface area contributed by atoms with Gasteiger partial charge in [0, 0.05) is 17.7 Å². The van der Waals surface area contributed by atoms with Gasteiger partial charge in [0.25, 0.3) is 0 Å². The van der Waals surface area contributed by atoms with E-state index in [9.17, 15) is 9.59 Å². The van der Waals surface area contributed by atoms with E-state index in [1.54, 1.807) is 38.7 Å². The fourth-order valence-corrected chi connectivity index (χ4v) is 3.18. The minimum Gasteiger partial charge on any atom is -0.566 e. The first kappa shape index (κ1) is 26.7. The molecule has 1 fully saturated rings. The monoisotopic (exact) mass is 433 g/mol. The topological polar surface area (TPSA) is 64.6 Å². The smallest absolute Gasteiger partial charge is 0.566 e. The van der Waals surface area contributed by atoms with Crippen LogP contribution in [0.1, 0.15) is 42.4 Å². The number of anilines is 1. The predicted octanol–water partition coefficient (Wildman–Crippen LogP) is 1.68. The first-order chi connectivity index (χ1) is 14.0. The summed E-state index contributed by atoms with van der Waals surface area (Å²) in [6.07, 6.45) is 8.08. The van der Waals surface area contributed by atoms with E-state index in [1.165, 1.54) is 0 Å². The average Bonchev–Trinajstić information content (AvgIpc) is 2.76. The van der Waals surface area contributed by atoms with Gasteiger partial charge in [-0.05, 0) is 30.6 Å². The Balaban J connectivity index is 0.000000324. The summed E-state index contributed by atoms with van der Waals surface area (Å²) in [4.78, 5) is 22.4. The van der Waals surface area contributed by atoms with Crippen LogP contribution in [0.5, 0.6) is 11.5 Å². The fourth-order valence-electron chi connectivity index (χ4n) is 3.18. The van der Waals surface area contributed by atoms with Gasteiger partial charge in [0.2, 0.25) is 5.91 Å². The summed E-state index contributed by atoms with van der Waals surface area (Å²) >= 11 is 0. The van der Waals surface area contributed by atoms with E-state index >= 15 is 0 Å². The first-order valence-corrected chi connectivity index (χ1v) is 9.64. The van der Waals surface area contributed by atoms with Crippen molar-refractivity contribution >= 4 is 17.9 Å². The van der Waals surface area contributed by atoms with Crippen LogP contribution >= 0.6 is 0 Å². The Labute approximate surface area is 222 Å². The van der Waals surface area contributed by atoms with Crippen LogP contribution in [0.2, 0.25) is 0 Å². The average molecular weight is 434 g/mol. The maximum absolute atomic E-state index is 12.1. The molecule has 0 radical (unpaired) electrons. The molecule has 0 saturated heterocycles. The zero-order valence-corrected chi connectivity index (χ0v) is 21.4. The van der Waals surface area contributed by atoms with Gasteiger partial charge in [0.05, 0.1) is 14.2 Å². The van der Waals surface area contributed by atoms with Gasteiger partial charge in [-0.25, -0.2) is 6.07 Å². The Bertz CT molecular complexity index is 832. The zero-order chi connectivity index (χ0) is 21.2. The van der Waals surface area contributed by atoms with Crippen LogP contribution in [0, 0.1) is 26.2 Å². The molecule has 1 aliphatic rings. The van der Waals surface area contributed by atoms with E-state index in [4.69, 9.17) is 9.47 Å². The molecule has 30 heavy (non-hydrogen) atoms. The molecule has 0 aromatic heterocycles. The van der Waals surface area contributed by atoms with Crippen molar-refractivity contribution in [1.82, 2.24) is 0 Å². The molecule has 2 aromatic carbocycles. The van der Waals surface area contributed by atoms with Gasteiger partial charge in [-0.1, -0.05) is 18.9 Å². The van der Waals surface area contributed by atoms with Crippen molar-refractivity contribution < 1.29 is 70.4 Å². The number of hydrogen-bond acceptors (Lipinski definition) is 4. The summed E-state index contributed by atoms with van der Waals surface area (Å²) < 4.78 is 10.2. The third kappa shape index (κ3) is 7.74. The molecule has 5 nitrogen and oxygen atoms in total. The van der Waals surface area contributed by atoms with Crippen molar-refractivity contribution in [3.63, 3.8) is 0 Å². The second-order valence-corrected chi connectivity index (χ2v) is 6.90. The number of aryl methyl sites for hydroxylation is 1. The number of nitrogens with one attached hydrogen (secondary N) is 1. The summed E-state index contributed by atoms with van der Waals surface area (Å²) in [6.45, 7) is 5.66. The molecule has 1 N–H and O–H groups in total. The summed E-state index contributed by atoms with van der Waals surface area (Å²) in [7, 11) is 3.18.